The average Bonchev–Trinajstić information content (AvgIpc) is 2.43. The minimum absolute atomic E-state index is 0.190. The first-order chi connectivity index (χ1) is 9.20. The van der Waals surface area contributed by atoms with Gasteiger partial charge in [0.1, 0.15) is 9.32 Å². The molecule has 5 heteroatoms. The number of halogens is 1. The highest BCUT2D eigenvalue weighted by molar-refractivity contribution is 14.1. The standard InChI is InChI=1S/C14H15IN2O2/c1-2-3-4-10-5-7-11(8-6-10)19-14-12(15)13(18)16-9-17-14/h5-9H,2-4H2,1H3,(H,16,17,18). The lowest BCUT2D eigenvalue weighted by atomic mass is 10.1. The lowest BCUT2D eigenvalue weighted by Gasteiger charge is -2.06. The minimum atomic E-state index is -0.190. The molecule has 0 bridgehead atoms. The number of rotatable bonds is 5. The van der Waals surface area contributed by atoms with E-state index in [0.717, 1.165) is 6.42 Å². The lowest BCUT2D eigenvalue weighted by Crippen LogP contribution is -2.11. The second-order valence-electron chi connectivity index (χ2n) is 4.20. The SMILES string of the molecule is CCCCc1ccc(Oc2nc[nH]c(=O)c2I)cc1. The first-order valence-corrected chi connectivity index (χ1v) is 7.28. The van der Waals surface area contributed by atoms with E-state index in [1.165, 1.54) is 24.7 Å². The fourth-order valence-electron chi connectivity index (χ4n) is 1.65. The zero-order chi connectivity index (χ0) is 13.7. The van der Waals surface area contributed by atoms with Crippen molar-refractivity contribution in [3.8, 4) is 11.6 Å². The predicted octanol–water partition coefficient (Wildman–Crippen LogP) is 3.51. The van der Waals surface area contributed by atoms with E-state index < -0.39 is 0 Å². The van der Waals surface area contributed by atoms with Crippen molar-refractivity contribution in [2.75, 3.05) is 0 Å². The average molecular weight is 370 g/mol. The third-order valence-corrected chi connectivity index (χ3v) is 3.67. The van der Waals surface area contributed by atoms with Crippen molar-refractivity contribution in [1.29, 1.82) is 0 Å². The van der Waals surface area contributed by atoms with E-state index in [-0.39, 0.29) is 5.56 Å². The molecule has 0 spiro atoms. The summed E-state index contributed by atoms with van der Waals surface area (Å²) in [7, 11) is 0. The summed E-state index contributed by atoms with van der Waals surface area (Å²) in [5, 5.41) is 0. The van der Waals surface area contributed by atoms with Gasteiger partial charge < -0.3 is 9.72 Å². The Morgan fingerprint density at radius 2 is 2.05 bits per heavy atom. The van der Waals surface area contributed by atoms with Gasteiger partial charge in [-0.1, -0.05) is 25.5 Å². The number of nitrogens with one attached hydrogen (secondary N) is 1. The smallest absolute Gasteiger partial charge is 0.268 e. The maximum Gasteiger partial charge on any atom is 0.268 e. The number of aryl methyl sites for hydroxylation is 1. The van der Waals surface area contributed by atoms with Gasteiger partial charge in [0, 0.05) is 0 Å². The molecule has 0 radical (unpaired) electrons. The highest BCUT2D eigenvalue weighted by Crippen LogP contribution is 2.22. The van der Waals surface area contributed by atoms with E-state index in [2.05, 4.69) is 16.9 Å². The molecule has 0 saturated carbocycles. The van der Waals surface area contributed by atoms with Gasteiger partial charge in [-0.25, -0.2) is 4.98 Å². The fourth-order valence-corrected chi connectivity index (χ4v) is 2.06. The van der Waals surface area contributed by atoms with Gasteiger partial charge in [0.15, 0.2) is 0 Å². The number of hydrogen-bond acceptors (Lipinski definition) is 3. The van der Waals surface area contributed by atoms with Crippen LogP contribution in [0.3, 0.4) is 0 Å². The van der Waals surface area contributed by atoms with E-state index in [1.807, 2.05) is 46.9 Å². The van der Waals surface area contributed by atoms with Crippen LogP contribution in [0.1, 0.15) is 25.3 Å². The van der Waals surface area contributed by atoms with Crippen molar-refractivity contribution in [2.24, 2.45) is 0 Å². The van der Waals surface area contributed by atoms with Crippen LogP contribution in [0.4, 0.5) is 0 Å². The van der Waals surface area contributed by atoms with Crippen LogP contribution in [0.25, 0.3) is 0 Å². The molecule has 4 nitrogen and oxygen atoms in total. The molecular formula is C14H15IN2O2. The van der Waals surface area contributed by atoms with Gasteiger partial charge in [0.05, 0.1) is 6.33 Å². The monoisotopic (exact) mass is 370 g/mol. The number of H-pyrrole nitrogens is 1. The Kier molecular flexibility index (Phi) is 4.95. The van der Waals surface area contributed by atoms with Crippen molar-refractivity contribution >= 4 is 22.6 Å². The normalized spacial score (nSPS) is 10.4. The molecule has 100 valence electrons. The zero-order valence-electron chi connectivity index (χ0n) is 10.6. The molecule has 0 atom stereocenters. The van der Waals surface area contributed by atoms with Crippen LogP contribution in [0.5, 0.6) is 11.6 Å². The van der Waals surface area contributed by atoms with Crippen molar-refractivity contribution in [3.05, 3.63) is 50.1 Å². The van der Waals surface area contributed by atoms with Crippen molar-refractivity contribution < 1.29 is 4.74 Å². The molecule has 1 aromatic heterocycles. The Morgan fingerprint density at radius 3 is 2.74 bits per heavy atom. The number of benzene rings is 1. The molecule has 0 unspecified atom stereocenters. The van der Waals surface area contributed by atoms with Gasteiger partial charge >= 0.3 is 0 Å². The summed E-state index contributed by atoms with van der Waals surface area (Å²) < 4.78 is 6.06. The van der Waals surface area contributed by atoms with E-state index in [0.29, 0.717) is 15.2 Å². The zero-order valence-corrected chi connectivity index (χ0v) is 12.8. The molecule has 2 aromatic rings. The summed E-state index contributed by atoms with van der Waals surface area (Å²) in [5.41, 5.74) is 1.10. The first kappa shape index (κ1) is 14.0. The van der Waals surface area contributed by atoms with Crippen LogP contribution in [0.2, 0.25) is 0 Å². The van der Waals surface area contributed by atoms with Crippen molar-refractivity contribution in [1.82, 2.24) is 9.97 Å². The van der Waals surface area contributed by atoms with Crippen molar-refractivity contribution in [3.63, 3.8) is 0 Å². The summed E-state index contributed by atoms with van der Waals surface area (Å²) in [6.45, 7) is 2.18. The van der Waals surface area contributed by atoms with Gasteiger partial charge in [-0.05, 0) is 53.1 Å². The molecule has 19 heavy (non-hydrogen) atoms. The number of unbranched alkanes of at least 4 members (excludes halogenated alkanes) is 1. The number of aromatic amines is 1. The van der Waals surface area contributed by atoms with Gasteiger partial charge in [-0.2, -0.15) is 0 Å². The van der Waals surface area contributed by atoms with E-state index in [4.69, 9.17) is 4.74 Å². The highest BCUT2D eigenvalue weighted by Gasteiger charge is 2.07. The summed E-state index contributed by atoms with van der Waals surface area (Å²) in [4.78, 5) is 17.9. The fraction of sp³-hybridized carbons (Fsp3) is 0.286. The van der Waals surface area contributed by atoms with Crippen LogP contribution in [0, 0.1) is 3.57 Å². The molecule has 0 aliphatic carbocycles. The molecule has 2 rings (SSSR count). The Balaban J connectivity index is 2.11. The second kappa shape index (κ2) is 6.70. The number of ether oxygens (including phenoxy) is 1. The molecular weight excluding hydrogens is 355 g/mol. The molecule has 0 aliphatic rings. The Labute approximate surface area is 125 Å². The van der Waals surface area contributed by atoms with Crippen LogP contribution in [-0.4, -0.2) is 9.97 Å². The van der Waals surface area contributed by atoms with E-state index in [1.54, 1.807) is 0 Å². The first-order valence-electron chi connectivity index (χ1n) is 6.20. The van der Waals surface area contributed by atoms with Gasteiger partial charge in [-0.15, -0.1) is 0 Å². The predicted molar refractivity (Wildman–Crippen MR) is 82.7 cm³/mol. The topological polar surface area (TPSA) is 55.0 Å². The highest BCUT2D eigenvalue weighted by atomic mass is 127. The maximum atomic E-state index is 11.4. The summed E-state index contributed by atoms with van der Waals surface area (Å²) in [6, 6.07) is 7.91. The number of nitrogens with zero attached hydrogens (tertiary/aromatic N) is 1. The van der Waals surface area contributed by atoms with E-state index >= 15 is 0 Å². The third kappa shape index (κ3) is 3.79. The maximum absolute atomic E-state index is 11.4. The molecule has 1 N–H and O–H groups in total. The molecule has 0 fully saturated rings. The van der Waals surface area contributed by atoms with E-state index in [9.17, 15) is 4.79 Å². The second-order valence-corrected chi connectivity index (χ2v) is 5.28. The van der Waals surface area contributed by atoms with Crippen LogP contribution in [0.15, 0.2) is 35.4 Å². The summed E-state index contributed by atoms with van der Waals surface area (Å²) >= 11 is 1.93. The molecule has 0 aliphatic heterocycles. The molecule has 0 saturated heterocycles. The summed E-state index contributed by atoms with van der Waals surface area (Å²) in [5.74, 6) is 1.03. The third-order valence-electron chi connectivity index (χ3n) is 2.72. The Morgan fingerprint density at radius 1 is 1.32 bits per heavy atom. The van der Waals surface area contributed by atoms with Gasteiger partial charge in [-0.3, -0.25) is 4.79 Å². The van der Waals surface area contributed by atoms with Crippen LogP contribution < -0.4 is 10.3 Å². The van der Waals surface area contributed by atoms with Crippen molar-refractivity contribution in [2.45, 2.75) is 26.2 Å². The largest absolute Gasteiger partial charge is 0.438 e. The molecule has 1 heterocycles. The lowest BCUT2D eigenvalue weighted by molar-refractivity contribution is 0.456. The molecule has 1 aromatic carbocycles. The number of hydrogen-bond donors (Lipinski definition) is 1. The Bertz CT molecular complexity index is 593. The Hall–Kier alpha value is -1.37. The summed E-state index contributed by atoms with van der Waals surface area (Å²) in [6.07, 6.45) is 4.80. The minimum Gasteiger partial charge on any atom is -0.438 e. The van der Waals surface area contributed by atoms with Gasteiger partial charge in [0.25, 0.3) is 5.56 Å². The van der Waals surface area contributed by atoms with Crippen LogP contribution >= 0.6 is 22.6 Å². The quantitative estimate of drug-likeness (QED) is 0.820. The molecule has 0 amide bonds. The van der Waals surface area contributed by atoms with Gasteiger partial charge in [0.2, 0.25) is 5.88 Å². The van der Waals surface area contributed by atoms with Crippen LogP contribution in [-0.2, 0) is 6.42 Å². The number of aromatic nitrogens is 2.